The molecule has 0 heterocycles. The van der Waals surface area contributed by atoms with Crippen molar-refractivity contribution < 1.29 is 9.53 Å². The van der Waals surface area contributed by atoms with Crippen LogP contribution in [0.4, 0.5) is 4.79 Å². The van der Waals surface area contributed by atoms with Crippen molar-refractivity contribution in [3.05, 3.63) is 29.3 Å². The fraction of sp³-hybridized carbons (Fsp3) is 0.462. The van der Waals surface area contributed by atoms with Gasteiger partial charge in [0.05, 0.1) is 6.61 Å². The minimum absolute atomic E-state index is 0.0865. The third-order valence-electron chi connectivity index (χ3n) is 2.52. The summed E-state index contributed by atoms with van der Waals surface area (Å²) in [5, 5.41) is 2.59. The molecular weight excluding hydrogens is 216 g/mol. The fourth-order valence-corrected chi connectivity index (χ4v) is 1.66. The molecule has 1 aromatic carbocycles. The number of carbonyl (C=O) groups excluding carboxylic acids is 1. The monoisotopic (exact) mass is 236 g/mol. The smallest absolute Gasteiger partial charge is 0.317 e. The highest BCUT2D eigenvalue weighted by Gasteiger charge is 2.07. The van der Waals surface area contributed by atoms with Gasteiger partial charge in [0.15, 0.2) is 0 Å². The van der Waals surface area contributed by atoms with E-state index in [1.54, 1.807) is 19.0 Å². The van der Waals surface area contributed by atoms with Crippen LogP contribution in [0.15, 0.2) is 18.2 Å². The van der Waals surface area contributed by atoms with E-state index in [9.17, 15) is 4.79 Å². The second-order valence-electron chi connectivity index (χ2n) is 3.94. The van der Waals surface area contributed by atoms with E-state index in [0.29, 0.717) is 13.2 Å². The molecule has 2 amide bonds. The van der Waals surface area contributed by atoms with Gasteiger partial charge in [-0.2, -0.15) is 0 Å². The van der Waals surface area contributed by atoms with Crippen molar-refractivity contribution in [2.45, 2.75) is 20.4 Å². The molecule has 0 aromatic heterocycles. The van der Waals surface area contributed by atoms with Gasteiger partial charge in [-0.05, 0) is 31.0 Å². The molecule has 1 aromatic rings. The van der Waals surface area contributed by atoms with Gasteiger partial charge in [-0.1, -0.05) is 12.1 Å². The SMILES string of the molecule is CCOc1ccc(CN(C)C(=O)NC)cc1C. The number of benzene rings is 1. The topological polar surface area (TPSA) is 41.6 Å². The van der Waals surface area contributed by atoms with Crippen LogP contribution in [0.2, 0.25) is 0 Å². The summed E-state index contributed by atoms with van der Waals surface area (Å²) >= 11 is 0. The molecule has 0 aliphatic heterocycles. The van der Waals surface area contributed by atoms with Crippen molar-refractivity contribution in [1.29, 1.82) is 0 Å². The number of urea groups is 1. The van der Waals surface area contributed by atoms with Crippen LogP contribution in [0.25, 0.3) is 0 Å². The molecule has 4 heteroatoms. The molecule has 0 saturated carbocycles. The largest absolute Gasteiger partial charge is 0.494 e. The van der Waals surface area contributed by atoms with Gasteiger partial charge in [0, 0.05) is 20.6 Å². The zero-order valence-corrected chi connectivity index (χ0v) is 10.9. The number of hydrogen-bond acceptors (Lipinski definition) is 2. The lowest BCUT2D eigenvalue weighted by Gasteiger charge is -2.17. The maximum absolute atomic E-state index is 11.4. The molecule has 0 aliphatic carbocycles. The number of amides is 2. The molecule has 0 radical (unpaired) electrons. The second-order valence-corrected chi connectivity index (χ2v) is 3.94. The predicted octanol–water partition coefficient (Wildman–Crippen LogP) is 2.16. The van der Waals surface area contributed by atoms with Crippen LogP contribution < -0.4 is 10.1 Å². The Balaban J connectivity index is 2.73. The molecule has 0 aliphatic rings. The maximum Gasteiger partial charge on any atom is 0.317 e. The molecule has 4 nitrogen and oxygen atoms in total. The number of nitrogens with zero attached hydrogens (tertiary/aromatic N) is 1. The van der Waals surface area contributed by atoms with E-state index in [2.05, 4.69) is 5.32 Å². The zero-order chi connectivity index (χ0) is 12.8. The van der Waals surface area contributed by atoms with Crippen molar-refractivity contribution in [2.24, 2.45) is 0 Å². The van der Waals surface area contributed by atoms with Gasteiger partial charge in [0.25, 0.3) is 0 Å². The zero-order valence-electron chi connectivity index (χ0n) is 10.9. The third-order valence-corrected chi connectivity index (χ3v) is 2.52. The Bertz CT molecular complexity index is 391. The van der Waals surface area contributed by atoms with Gasteiger partial charge in [0.2, 0.25) is 0 Å². The predicted molar refractivity (Wildman–Crippen MR) is 68.3 cm³/mol. The molecule has 0 bridgehead atoms. The average molecular weight is 236 g/mol. The lowest BCUT2D eigenvalue weighted by Crippen LogP contribution is -2.34. The van der Waals surface area contributed by atoms with E-state index in [-0.39, 0.29) is 6.03 Å². The molecular formula is C13H20N2O2. The van der Waals surface area contributed by atoms with Crippen LogP contribution in [-0.2, 0) is 6.54 Å². The second kappa shape index (κ2) is 6.13. The highest BCUT2D eigenvalue weighted by molar-refractivity contribution is 5.73. The Kier molecular flexibility index (Phi) is 4.82. The minimum atomic E-state index is -0.0865. The number of aryl methyl sites for hydroxylation is 1. The van der Waals surface area contributed by atoms with E-state index in [0.717, 1.165) is 16.9 Å². The van der Waals surface area contributed by atoms with E-state index in [1.807, 2.05) is 32.0 Å². The summed E-state index contributed by atoms with van der Waals surface area (Å²) in [5.74, 6) is 0.902. The Labute approximate surface area is 103 Å². The minimum Gasteiger partial charge on any atom is -0.494 e. The first kappa shape index (κ1) is 13.4. The highest BCUT2D eigenvalue weighted by Crippen LogP contribution is 2.19. The summed E-state index contributed by atoms with van der Waals surface area (Å²) in [6.07, 6.45) is 0. The summed E-state index contributed by atoms with van der Waals surface area (Å²) in [7, 11) is 3.40. The van der Waals surface area contributed by atoms with Crippen LogP contribution in [0.1, 0.15) is 18.1 Å². The Hall–Kier alpha value is -1.71. The quantitative estimate of drug-likeness (QED) is 0.870. The number of nitrogens with one attached hydrogen (secondary N) is 1. The average Bonchev–Trinajstić information content (AvgIpc) is 2.31. The van der Waals surface area contributed by atoms with E-state index in [1.165, 1.54) is 0 Å². The number of rotatable bonds is 4. The molecule has 1 rings (SSSR count). The molecule has 0 unspecified atom stereocenters. The van der Waals surface area contributed by atoms with Gasteiger partial charge < -0.3 is 15.0 Å². The summed E-state index contributed by atoms with van der Waals surface area (Å²) < 4.78 is 5.47. The fourth-order valence-electron chi connectivity index (χ4n) is 1.66. The van der Waals surface area contributed by atoms with Crippen molar-refractivity contribution in [3.63, 3.8) is 0 Å². The number of carbonyl (C=O) groups is 1. The van der Waals surface area contributed by atoms with Gasteiger partial charge in [-0.25, -0.2) is 4.79 Å². The molecule has 17 heavy (non-hydrogen) atoms. The van der Waals surface area contributed by atoms with Crippen LogP contribution in [0.3, 0.4) is 0 Å². The lowest BCUT2D eigenvalue weighted by atomic mass is 10.1. The first-order chi connectivity index (χ1) is 8.08. The number of ether oxygens (including phenoxy) is 1. The Morgan fingerprint density at radius 1 is 1.47 bits per heavy atom. The first-order valence-corrected chi connectivity index (χ1v) is 5.73. The van der Waals surface area contributed by atoms with Gasteiger partial charge in [0.1, 0.15) is 5.75 Å². The molecule has 1 N–H and O–H groups in total. The van der Waals surface area contributed by atoms with E-state index >= 15 is 0 Å². The Morgan fingerprint density at radius 3 is 2.71 bits per heavy atom. The van der Waals surface area contributed by atoms with Crippen LogP contribution in [0, 0.1) is 6.92 Å². The van der Waals surface area contributed by atoms with Crippen molar-refractivity contribution in [1.82, 2.24) is 10.2 Å². The van der Waals surface area contributed by atoms with Gasteiger partial charge in [-0.15, -0.1) is 0 Å². The normalized spacial score (nSPS) is 9.88. The molecule has 94 valence electrons. The lowest BCUT2D eigenvalue weighted by molar-refractivity contribution is 0.209. The van der Waals surface area contributed by atoms with Crippen molar-refractivity contribution >= 4 is 6.03 Å². The molecule has 0 atom stereocenters. The highest BCUT2D eigenvalue weighted by atomic mass is 16.5. The van der Waals surface area contributed by atoms with Gasteiger partial charge >= 0.3 is 6.03 Å². The maximum atomic E-state index is 11.4. The van der Waals surface area contributed by atoms with Crippen LogP contribution in [0.5, 0.6) is 5.75 Å². The molecule has 0 spiro atoms. The van der Waals surface area contributed by atoms with Crippen LogP contribution >= 0.6 is 0 Å². The number of hydrogen-bond donors (Lipinski definition) is 1. The summed E-state index contributed by atoms with van der Waals surface area (Å²) in [5.41, 5.74) is 2.19. The summed E-state index contributed by atoms with van der Waals surface area (Å²) in [4.78, 5) is 13.0. The van der Waals surface area contributed by atoms with Gasteiger partial charge in [-0.3, -0.25) is 0 Å². The third kappa shape index (κ3) is 3.66. The van der Waals surface area contributed by atoms with Crippen molar-refractivity contribution in [3.8, 4) is 5.75 Å². The first-order valence-electron chi connectivity index (χ1n) is 5.73. The summed E-state index contributed by atoms with van der Waals surface area (Å²) in [6.45, 7) is 5.23. The standard InChI is InChI=1S/C13H20N2O2/c1-5-17-12-7-6-11(8-10(12)2)9-15(4)13(16)14-3/h6-8H,5,9H2,1-4H3,(H,14,16). The molecule has 0 fully saturated rings. The summed E-state index contributed by atoms with van der Waals surface area (Å²) in [6, 6.07) is 5.89. The van der Waals surface area contributed by atoms with E-state index < -0.39 is 0 Å². The van der Waals surface area contributed by atoms with Crippen LogP contribution in [-0.4, -0.2) is 31.6 Å². The van der Waals surface area contributed by atoms with E-state index in [4.69, 9.17) is 4.74 Å². The van der Waals surface area contributed by atoms with Crippen molar-refractivity contribution in [2.75, 3.05) is 20.7 Å². The molecule has 0 saturated heterocycles. The Morgan fingerprint density at radius 2 is 2.18 bits per heavy atom.